The number of benzene rings is 3. The van der Waals surface area contributed by atoms with Crippen LogP contribution in [0.2, 0.25) is 5.02 Å². The van der Waals surface area contributed by atoms with Crippen molar-refractivity contribution in [2.24, 2.45) is 0 Å². The fourth-order valence-corrected chi connectivity index (χ4v) is 5.34. The van der Waals surface area contributed by atoms with Crippen LogP contribution < -0.4 is 14.4 Å². The van der Waals surface area contributed by atoms with Gasteiger partial charge in [-0.15, -0.1) is 0 Å². The van der Waals surface area contributed by atoms with Crippen LogP contribution in [0.25, 0.3) is 11.1 Å². The molecular weight excluding hydrogens is 424 g/mol. The number of hydrogen-bond acceptors (Lipinski definition) is 4. The molecule has 1 heterocycles. The van der Waals surface area contributed by atoms with E-state index in [1.54, 1.807) is 61.5 Å². The van der Waals surface area contributed by atoms with Gasteiger partial charge in [-0.05, 0) is 48.9 Å². The number of sulfonamides is 1. The first kappa shape index (κ1) is 20.3. The molecule has 0 fully saturated rings. The van der Waals surface area contributed by atoms with Gasteiger partial charge in [-0.25, -0.2) is 8.42 Å². The number of ether oxygens (including phenoxy) is 1. The van der Waals surface area contributed by atoms with Crippen molar-refractivity contribution in [2.45, 2.75) is 11.8 Å². The number of anilines is 2. The number of methoxy groups -OCH3 is 1. The van der Waals surface area contributed by atoms with Crippen molar-refractivity contribution in [1.29, 1.82) is 0 Å². The highest BCUT2D eigenvalue weighted by Crippen LogP contribution is 2.44. The average molecular weight is 443 g/mol. The van der Waals surface area contributed by atoms with Gasteiger partial charge in [0.2, 0.25) is 0 Å². The second kappa shape index (κ2) is 7.34. The van der Waals surface area contributed by atoms with Gasteiger partial charge in [0.05, 0.1) is 23.4 Å². The van der Waals surface area contributed by atoms with Crippen molar-refractivity contribution < 1.29 is 17.9 Å². The maximum Gasteiger partial charge on any atom is 0.264 e. The summed E-state index contributed by atoms with van der Waals surface area (Å²) in [4.78, 5) is 13.2. The molecule has 0 aliphatic carbocycles. The molecule has 1 aliphatic rings. The molecule has 0 saturated heterocycles. The first-order valence-electron chi connectivity index (χ1n) is 9.12. The standard InChI is InChI=1S/C22H19ClN2O4S/c1-13-10-14(22(26)24-18-12-15(23)8-9-19(18)29-3)11-17-16-6-4-5-7-20(16)30(27,28)25(2)21(13)17/h4-12H,1-3H3,(H,24,26). The fourth-order valence-electron chi connectivity index (χ4n) is 3.69. The summed E-state index contributed by atoms with van der Waals surface area (Å²) in [5, 5.41) is 3.29. The van der Waals surface area contributed by atoms with Crippen LogP contribution in [0.3, 0.4) is 0 Å². The van der Waals surface area contributed by atoms with Gasteiger partial charge in [-0.1, -0.05) is 29.8 Å². The van der Waals surface area contributed by atoms with Gasteiger partial charge in [-0.2, -0.15) is 0 Å². The number of carbonyl (C=O) groups excluding carboxylic acids is 1. The van der Waals surface area contributed by atoms with E-state index in [1.165, 1.54) is 18.5 Å². The Labute approximate surface area is 180 Å². The van der Waals surface area contributed by atoms with Crippen LogP contribution in [0.15, 0.2) is 59.5 Å². The summed E-state index contributed by atoms with van der Waals surface area (Å²) in [7, 11) is -0.620. The maximum absolute atomic E-state index is 13.0. The Morgan fingerprint density at radius 1 is 1.07 bits per heavy atom. The highest BCUT2D eigenvalue weighted by molar-refractivity contribution is 7.93. The highest BCUT2D eigenvalue weighted by atomic mass is 35.5. The molecule has 6 nitrogen and oxygen atoms in total. The molecule has 0 atom stereocenters. The summed E-state index contributed by atoms with van der Waals surface area (Å²) in [6, 6.07) is 15.1. The molecule has 4 rings (SSSR count). The molecule has 8 heteroatoms. The van der Waals surface area contributed by atoms with Crippen molar-refractivity contribution in [3.8, 4) is 16.9 Å². The van der Waals surface area contributed by atoms with E-state index in [0.29, 0.717) is 44.4 Å². The van der Waals surface area contributed by atoms with E-state index in [0.717, 1.165) is 0 Å². The summed E-state index contributed by atoms with van der Waals surface area (Å²) in [5.74, 6) is 0.133. The molecule has 0 saturated carbocycles. The average Bonchev–Trinajstić information content (AvgIpc) is 2.72. The van der Waals surface area contributed by atoms with Gasteiger partial charge >= 0.3 is 0 Å². The van der Waals surface area contributed by atoms with Crippen molar-refractivity contribution in [2.75, 3.05) is 23.8 Å². The van der Waals surface area contributed by atoms with Crippen molar-refractivity contribution >= 4 is 38.9 Å². The minimum absolute atomic E-state index is 0.216. The summed E-state index contributed by atoms with van der Waals surface area (Å²) >= 11 is 6.05. The van der Waals surface area contributed by atoms with E-state index in [2.05, 4.69) is 5.32 Å². The van der Waals surface area contributed by atoms with Crippen molar-refractivity contribution in [3.05, 3.63) is 70.7 Å². The zero-order valence-electron chi connectivity index (χ0n) is 16.6. The quantitative estimate of drug-likeness (QED) is 0.637. The van der Waals surface area contributed by atoms with E-state index in [1.807, 2.05) is 0 Å². The summed E-state index contributed by atoms with van der Waals surface area (Å²) in [5.41, 5.74) is 3.35. The van der Waals surface area contributed by atoms with Crippen LogP contribution >= 0.6 is 11.6 Å². The predicted octanol–water partition coefficient (Wildman–Crippen LogP) is 4.71. The van der Waals surface area contributed by atoms with Crippen LogP contribution in [0.5, 0.6) is 5.75 Å². The number of nitrogens with one attached hydrogen (secondary N) is 1. The molecule has 3 aromatic carbocycles. The van der Waals surface area contributed by atoms with Crippen LogP contribution in [-0.4, -0.2) is 28.5 Å². The van der Waals surface area contributed by atoms with Gasteiger partial charge in [0.15, 0.2) is 0 Å². The zero-order chi connectivity index (χ0) is 21.6. The Balaban J connectivity index is 1.82. The normalized spacial score (nSPS) is 13.9. The van der Waals surface area contributed by atoms with E-state index >= 15 is 0 Å². The lowest BCUT2D eigenvalue weighted by molar-refractivity contribution is 0.102. The van der Waals surface area contributed by atoms with Crippen LogP contribution in [0, 0.1) is 6.92 Å². The van der Waals surface area contributed by atoms with Gasteiger partial charge < -0.3 is 10.1 Å². The van der Waals surface area contributed by atoms with Gasteiger partial charge in [0, 0.05) is 28.8 Å². The SMILES string of the molecule is COc1ccc(Cl)cc1NC(=O)c1cc(C)c2c(c1)-c1ccccc1S(=O)(=O)N2C. The minimum atomic E-state index is -3.65. The third kappa shape index (κ3) is 3.20. The lowest BCUT2D eigenvalue weighted by Gasteiger charge is -2.31. The molecule has 0 unspecified atom stereocenters. The van der Waals surface area contributed by atoms with Crippen LogP contribution in [-0.2, 0) is 10.0 Å². The largest absolute Gasteiger partial charge is 0.495 e. The van der Waals surface area contributed by atoms with E-state index in [9.17, 15) is 13.2 Å². The molecule has 0 bridgehead atoms. The number of hydrogen-bond donors (Lipinski definition) is 1. The summed E-state index contributed by atoms with van der Waals surface area (Å²) in [6.45, 7) is 1.79. The zero-order valence-corrected chi connectivity index (χ0v) is 18.1. The third-order valence-corrected chi connectivity index (χ3v) is 7.15. The molecule has 1 amide bonds. The maximum atomic E-state index is 13.0. The smallest absolute Gasteiger partial charge is 0.264 e. The number of rotatable bonds is 3. The Bertz CT molecular complexity index is 1290. The second-order valence-electron chi connectivity index (χ2n) is 6.96. The molecule has 3 aromatic rings. The summed E-state index contributed by atoms with van der Waals surface area (Å²) < 4.78 is 32.4. The van der Waals surface area contributed by atoms with Crippen LogP contribution in [0.4, 0.5) is 11.4 Å². The predicted molar refractivity (Wildman–Crippen MR) is 118 cm³/mol. The number of aryl methyl sites for hydroxylation is 1. The van der Waals surface area contributed by atoms with Crippen molar-refractivity contribution in [1.82, 2.24) is 0 Å². The Morgan fingerprint density at radius 3 is 2.53 bits per heavy atom. The number of nitrogens with zero attached hydrogens (tertiary/aromatic N) is 1. The highest BCUT2D eigenvalue weighted by Gasteiger charge is 2.34. The van der Waals surface area contributed by atoms with Gasteiger partial charge in [0.1, 0.15) is 5.75 Å². The second-order valence-corrected chi connectivity index (χ2v) is 9.33. The molecule has 0 aromatic heterocycles. The monoisotopic (exact) mass is 442 g/mol. The van der Waals surface area contributed by atoms with Crippen LogP contribution in [0.1, 0.15) is 15.9 Å². The lowest BCUT2D eigenvalue weighted by atomic mass is 9.96. The molecule has 1 N–H and O–H groups in total. The lowest BCUT2D eigenvalue weighted by Crippen LogP contribution is -2.31. The molecule has 30 heavy (non-hydrogen) atoms. The number of fused-ring (bicyclic) bond motifs is 3. The number of carbonyl (C=O) groups is 1. The summed E-state index contributed by atoms with van der Waals surface area (Å²) in [6.07, 6.45) is 0. The Morgan fingerprint density at radius 2 is 1.80 bits per heavy atom. The molecule has 1 aliphatic heterocycles. The topological polar surface area (TPSA) is 75.7 Å². The third-order valence-electron chi connectivity index (χ3n) is 5.10. The molecule has 154 valence electrons. The van der Waals surface area contributed by atoms with Gasteiger partial charge in [0.25, 0.3) is 15.9 Å². The van der Waals surface area contributed by atoms with E-state index in [-0.39, 0.29) is 10.8 Å². The van der Waals surface area contributed by atoms with E-state index in [4.69, 9.17) is 16.3 Å². The van der Waals surface area contributed by atoms with E-state index < -0.39 is 10.0 Å². The first-order valence-corrected chi connectivity index (χ1v) is 10.9. The van der Waals surface area contributed by atoms with Gasteiger partial charge in [-0.3, -0.25) is 9.10 Å². The fraction of sp³-hybridized carbons (Fsp3) is 0.136. The number of amides is 1. The first-order chi connectivity index (χ1) is 14.2. The number of halogens is 1. The molecule has 0 radical (unpaired) electrons. The van der Waals surface area contributed by atoms with Crippen molar-refractivity contribution in [3.63, 3.8) is 0 Å². The Kier molecular flexibility index (Phi) is 4.95. The minimum Gasteiger partial charge on any atom is -0.495 e. The molecular formula is C22H19ClN2O4S. The molecule has 0 spiro atoms. The Hall–Kier alpha value is -3.03.